The number of hydrogen-bond acceptors (Lipinski definition) is 2. The molecule has 1 aromatic rings. The first-order valence-electron chi connectivity index (χ1n) is 9.84. The second kappa shape index (κ2) is 6.81. The maximum atomic E-state index is 12.8. The lowest BCUT2D eigenvalue weighted by atomic mass is 9.87. The minimum absolute atomic E-state index is 0.189. The molecule has 2 fully saturated rings. The van der Waals surface area contributed by atoms with E-state index in [9.17, 15) is 9.59 Å². The fourth-order valence-corrected chi connectivity index (χ4v) is 4.64. The Morgan fingerprint density at radius 3 is 2.32 bits per heavy atom. The molecule has 0 N–H and O–H groups in total. The predicted octanol–water partition coefficient (Wildman–Crippen LogP) is 2.90. The molecule has 3 aliphatic rings. The molecule has 4 nitrogen and oxygen atoms in total. The summed E-state index contributed by atoms with van der Waals surface area (Å²) >= 11 is 0. The van der Waals surface area contributed by atoms with E-state index in [1.807, 2.05) is 15.9 Å². The van der Waals surface area contributed by atoms with Crippen LogP contribution in [-0.4, -0.2) is 47.8 Å². The van der Waals surface area contributed by atoms with Crippen molar-refractivity contribution in [3.63, 3.8) is 0 Å². The van der Waals surface area contributed by atoms with Gasteiger partial charge in [-0.05, 0) is 67.2 Å². The maximum Gasteiger partial charge on any atom is 0.253 e. The second-order valence-electron chi connectivity index (χ2n) is 7.92. The van der Waals surface area contributed by atoms with Crippen LogP contribution < -0.4 is 0 Å². The van der Waals surface area contributed by atoms with Gasteiger partial charge in [0.05, 0.1) is 0 Å². The average Bonchev–Trinajstić information content (AvgIpc) is 3.24. The standard InChI is InChI=1S/C21H28N2O2/c1-2-3-20(24)22-10-8-18(13-22)19-9-11-23(14-19)21(25)17-7-5-15-4-6-16(15)12-17/h5,7,12,18-19H,2-4,6,8-11,13-14H2,1H3. The molecule has 2 atom stereocenters. The molecule has 0 bridgehead atoms. The van der Waals surface area contributed by atoms with Gasteiger partial charge in [-0.25, -0.2) is 0 Å². The molecule has 0 aromatic heterocycles. The zero-order chi connectivity index (χ0) is 17.4. The van der Waals surface area contributed by atoms with Crippen LogP contribution in [0.4, 0.5) is 0 Å². The molecule has 2 unspecified atom stereocenters. The van der Waals surface area contributed by atoms with Crippen molar-refractivity contribution in [2.24, 2.45) is 11.8 Å². The van der Waals surface area contributed by atoms with Gasteiger partial charge in [0.1, 0.15) is 0 Å². The van der Waals surface area contributed by atoms with Crippen molar-refractivity contribution >= 4 is 11.8 Å². The number of fused-ring (bicyclic) bond motifs is 1. The number of hydrogen-bond donors (Lipinski definition) is 0. The summed E-state index contributed by atoms with van der Waals surface area (Å²) < 4.78 is 0. The molecule has 4 heteroatoms. The van der Waals surface area contributed by atoms with Gasteiger partial charge < -0.3 is 9.80 Å². The minimum atomic E-state index is 0.189. The summed E-state index contributed by atoms with van der Waals surface area (Å²) in [4.78, 5) is 29.0. The number of rotatable bonds is 4. The van der Waals surface area contributed by atoms with Crippen molar-refractivity contribution in [1.29, 1.82) is 0 Å². The quantitative estimate of drug-likeness (QED) is 0.846. The molecule has 25 heavy (non-hydrogen) atoms. The Kier molecular flexibility index (Phi) is 4.53. The first-order valence-corrected chi connectivity index (χ1v) is 9.84. The van der Waals surface area contributed by atoms with Crippen molar-refractivity contribution in [1.82, 2.24) is 9.80 Å². The topological polar surface area (TPSA) is 40.6 Å². The largest absolute Gasteiger partial charge is 0.342 e. The number of aryl methyl sites for hydroxylation is 2. The van der Waals surface area contributed by atoms with E-state index in [0.717, 1.165) is 63.8 Å². The van der Waals surface area contributed by atoms with Crippen molar-refractivity contribution in [3.8, 4) is 0 Å². The first-order chi connectivity index (χ1) is 12.2. The summed E-state index contributed by atoms with van der Waals surface area (Å²) in [6.45, 7) is 5.57. The van der Waals surface area contributed by atoms with Gasteiger partial charge in [-0.1, -0.05) is 13.0 Å². The van der Waals surface area contributed by atoms with Crippen molar-refractivity contribution in [2.45, 2.75) is 45.4 Å². The molecule has 2 amide bonds. The van der Waals surface area contributed by atoms with Gasteiger partial charge in [0.15, 0.2) is 0 Å². The van der Waals surface area contributed by atoms with Gasteiger partial charge >= 0.3 is 0 Å². The number of benzene rings is 1. The van der Waals surface area contributed by atoms with E-state index >= 15 is 0 Å². The van der Waals surface area contributed by atoms with Crippen LogP contribution in [0.3, 0.4) is 0 Å². The Hall–Kier alpha value is -1.84. The Balaban J connectivity index is 1.34. The van der Waals surface area contributed by atoms with Crippen LogP contribution >= 0.6 is 0 Å². The Labute approximate surface area is 150 Å². The first kappa shape index (κ1) is 16.6. The fraction of sp³-hybridized carbons (Fsp3) is 0.619. The highest BCUT2D eigenvalue weighted by Crippen LogP contribution is 2.32. The van der Waals surface area contributed by atoms with E-state index in [1.165, 1.54) is 11.1 Å². The lowest BCUT2D eigenvalue weighted by molar-refractivity contribution is -0.130. The van der Waals surface area contributed by atoms with E-state index in [0.29, 0.717) is 24.2 Å². The lowest BCUT2D eigenvalue weighted by Crippen LogP contribution is -2.32. The number of nitrogens with zero attached hydrogens (tertiary/aromatic N) is 2. The molecular formula is C21H28N2O2. The van der Waals surface area contributed by atoms with Gasteiger partial charge in [0.25, 0.3) is 5.91 Å². The molecule has 1 aromatic carbocycles. The summed E-state index contributed by atoms with van der Waals surface area (Å²) in [5, 5.41) is 0. The number of carbonyl (C=O) groups excluding carboxylic acids is 2. The lowest BCUT2D eigenvalue weighted by Gasteiger charge is -2.23. The van der Waals surface area contributed by atoms with Gasteiger partial charge in [0.2, 0.25) is 5.91 Å². The highest BCUT2D eigenvalue weighted by molar-refractivity contribution is 5.94. The van der Waals surface area contributed by atoms with Crippen LogP contribution in [-0.2, 0) is 17.6 Å². The number of carbonyl (C=O) groups is 2. The monoisotopic (exact) mass is 340 g/mol. The molecule has 2 saturated heterocycles. The molecule has 0 radical (unpaired) electrons. The van der Waals surface area contributed by atoms with Crippen LogP contribution in [0.2, 0.25) is 0 Å². The van der Waals surface area contributed by atoms with Crippen LogP contribution in [0.15, 0.2) is 18.2 Å². The summed E-state index contributed by atoms with van der Waals surface area (Å²) in [5.74, 6) is 1.61. The van der Waals surface area contributed by atoms with E-state index < -0.39 is 0 Å². The Morgan fingerprint density at radius 2 is 1.68 bits per heavy atom. The zero-order valence-electron chi connectivity index (χ0n) is 15.2. The van der Waals surface area contributed by atoms with Crippen LogP contribution in [0, 0.1) is 11.8 Å². The number of likely N-dealkylation sites (tertiary alicyclic amines) is 2. The highest BCUT2D eigenvalue weighted by atomic mass is 16.2. The summed E-state index contributed by atoms with van der Waals surface area (Å²) in [6, 6.07) is 6.21. The van der Waals surface area contributed by atoms with Gasteiger partial charge in [0, 0.05) is 38.2 Å². The van der Waals surface area contributed by atoms with Gasteiger partial charge in [-0.3, -0.25) is 9.59 Å². The van der Waals surface area contributed by atoms with Crippen LogP contribution in [0.25, 0.3) is 0 Å². The summed E-state index contributed by atoms with van der Waals surface area (Å²) in [6.07, 6.45) is 6.04. The fourth-order valence-electron chi connectivity index (χ4n) is 4.64. The Bertz CT molecular complexity index is 684. The molecule has 4 rings (SSSR count). The van der Waals surface area contributed by atoms with Crippen LogP contribution in [0.5, 0.6) is 0 Å². The second-order valence-corrected chi connectivity index (χ2v) is 7.92. The molecule has 0 spiro atoms. The van der Waals surface area contributed by atoms with Gasteiger partial charge in [-0.15, -0.1) is 0 Å². The predicted molar refractivity (Wildman–Crippen MR) is 97.5 cm³/mol. The molecule has 0 saturated carbocycles. The normalized spacial score (nSPS) is 25.0. The third-order valence-corrected chi connectivity index (χ3v) is 6.34. The van der Waals surface area contributed by atoms with E-state index in [-0.39, 0.29) is 5.91 Å². The third kappa shape index (κ3) is 3.19. The molecular weight excluding hydrogens is 312 g/mol. The van der Waals surface area contributed by atoms with E-state index in [1.54, 1.807) is 0 Å². The highest BCUT2D eigenvalue weighted by Gasteiger charge is 2.36. The average molecular weight is 340 g/mol. The smallest absolute Gasteiger partial charge is 0.253 e. The Morgan fingerprint density at radius 1 is 1.00 bits per heavy atom. The van der Waals surface area contributed by atoms with Crippen molar-refractivity contribution in [2.75, 3.05) is 26.2 Å². The molecule has 2 aliphatic heterocycles. The molecule has 2 heterocycles. The molecule has 134 valence electrons. The van der Waals surface area contributed by atoms with Crippen molar-refractivity contribution in [3.05, 3.63) is 34.9 Å². The van der Waals surface area contributed by atoms with E-state index in [2.05, 4.69) is 19.1 Å². The van der Waals surface area contributed by atoms with Gasteiger partial charge in [-0.2, -0.15) is 0 Å². The summed E-state index contributed by atoms with van der Waals surface area (Å²) in [7, 11) is 0. The SMILES string of the molecule is CCCC(=O)N1CCC(C2CCN(C(=O)c3ccc4c(c3)CC4)C2)C1. The maximum absolute atomic E-state index is 12.8. The van der Waals surface area contributed by atoms with Crippen LogP contribution in [0.1, 0.15) is 54.1 Å². The summed E-state index contributed by atoms with van der Waals surface area (Å²) in [5.41, 5.74) is 3.60. The number of amides is 2. The zero-order valence-corrected chi connectivity index (χ0v) is 15.2. The van der Waals surface area contributed by atoms with E-state index in [4.69, 9.17) is 0 Å². The molecule has 1 aliphatic carbocycles. The van der Waals surface area contributed by atoms with Crippen molar-refractivity contribution < 1.29 is 9.59 Å². The minimum Gasteiger partial charge on any atom is -0.342 e. The third-order valence-electron chi connectivity index (χ3n) is 6.34.